The number of benzene rings is 3. The summed E-state index contributed by atoms with van der Waals surface area (Å²) in [6, 6.07) is 21.3. The lowest BCUT2D eigenvalue weighted by molar-refractivity contribution is 0.155. The Bertz CT molecular complexity index is 1130. The molecule has 1 heterocycles. The SMILES string of the molecule is Cc1cc(NC(=O)OCc2ccccc2)cc(C)c1Oc1ccc2[nH]ccc2c1. The summed E-state index contributed by atoms with van der Waals surface area (Å²) in [6.45, 7) is 4.14. The van der Waals surface area contributed by atoms with Crippen LogP contribution in [0.4, 0.5) is 10.5 Å². The Labute approximate surface area is 169 Å². The Kier molecular flexibility index (Phi) is 5.20. The summed E-state index contributed by atoms with van der Waals surface area (Å²) in [5.74, 6) is 1.55. The van der Waals surface area contributed by atoms with Crippen LogP contribution in [0.1, 0.15) is 16.7 Å². The lowest BCUT2D eigenvalue weighted by Crippen LogP contribution is -2.13. The first kappa shape index (κ1) is 18.6. The first-order chi connectivity index (χ1) is 14.1. The third-order valence-electron chi connectivity index (χ3n) is 4.66. The van der Waals surface area contributed by atoms with Crippen molar-refractivity contribution in [2.24, 2.45) is 0 Å². The lowest BCUT2D eigenvalue weighted by Gasteiger charge is -2.14. The number of anilines is 1. The van der Waals surface area contributed by atoms with E-state index in [1.807, 2.05) is 86.8 Å². The molecule has 0 unspecified atom stereocenters. The molecule has 1 aromatic heterocycles. The normalized spacial score (nSPS) is 10.7. The van der Waals surface area contributed by atoms with E-state index in [0.717, 1.165) is 39.1 Å². The van der Waals surface area contributed by atoms with E-state index >= 15 is 0 Å². The zero-order valence-corrected chi connectivity index (χ0v) is 16.4. The molecule has 0 bridgehead atoms. The number of carbonyl (C=O) groups excluding carboxylic acids is 1. The number of fused-ring (bicyclic) bond motifs is 1. The van der Waals surface area contributed by atoms with Gasteiger partial charge in [-0.3, -0.25) is 5.32 Å². The van der Waals surface area contributed by atoms with Crippen molar-refractivity contribution in [2.75, 3.05) is 5.32 Å². The van der Waals surface area contributed by atoms with Gasteiger partial charge in [0.25, 0.3) is 0 Å². The third kappa shape index (κ3) is 4.41. The van der Waals surface area contributed by atoms with Crippen LogP contribution >= 0.6 is 0 Å². The Morgan fingerprint density at radius 3 is 2.48 bits per heavy atom. The fraction of sp³-hybridized carbons (Fsp3) is 0.125. The molecule has 0 radical (unpaired) electrons. The molecule has 29 heavy (non-hydrogen) atoms. The van der Waals surface area contributed by atoms with Crippen molar-refractivity contribution in [3.63, 3.8) is 0 Å². The zero-order chi connectivity index (χ0) is 20.2. The number of hydrogen-bond donors (Lipinski definition) is 2. The number of hydrogen-bond acceptors (Lipinski definition) is 3. The van der Waals surface area contributed by atoms with Gasteiger partial charge in [-0.05, 0) is 66.9 Å². The van der Waals surface area contributed by atoms with Crippen LogP contribution in [0, 0.1) is 13.8 Å². The van der Waals surface area contributed by atoms with Crippen LogP contribution in [0.15, 0.2) is 72.9 Å². The minimum atomic E-state index is -0.487. The number of rotatable bonds is 5. The van der Waals surface area contributed by atoms with E-state index in [0.29, 0.717) is 5.69 Å². The van der Waals surface area contributed by atoms with Gasteiger partial charge in [-0.2, -0.15) is 0 Å². The maximum absolute atomic E-state index is 12.1. The number of aromatic amines is 1. The number of ether oxygens (including phenoxy) is 2. The predicted molar refractivity (Wildman–Crippen MR) is 115 cm³/mol. The quantitative estimate of drug-likeness (QED) is 0.421. The molecule has 0 aliphatic rings. The van der Waals surface area contributed by atoms with Gasteiger partial charge in [0.15, 0.2) is 0 Å². The van der Waals surface area contributed by atoms with E-state index in [1.165, 1.54) is 0 Å². The van der Waals surface area contributed by atoms with E-state index < -0.39 is 6.09 Å². The van der Waals surface area contributed by atoms with Crippen molar-refractivity contribution in [2.45, 2.75) is 20.5 Å². The molecular weight excluding hydrogens is 364 g/mol. The molecule has 0 fully saturated rings. The zero-order valence-electron chi connectivity index (χ0n) is 16.4. The van der Waals surface area contributed by atoms with E-state index in [2.05, 4.69) is 10.3 Å². The summed E-state index contributed by atoms with van der Waals surface area (Å²) in [5.41, 5.74) is 4.54. The summed E-state index contributed by atoms with van der Waals surface area (Å²) in [7, 11) is 0. The number of aryl methyl sites for hydroxylation is 2. The van der Waals surface area contributed by atoms with Gasteiger partial charge < -0.3 is 14.5 Å². The minimum Gasteiger partial charge on any atom is -0.457 e. The van der Waals surface area contributed by atoms with Crippen LogP contribution in [0.25, 0.3) is 10.9 Å². The number of carbonyl (C=O) groups is 1. The molecule has 0 saturated heterocycles. The number of nitrogens with one attached hydrogen (secondary N) is 2. The second kappa shape index (κ2) is 8.10. The monoisotopic (exact) mass is 386 g/mol. The van der Waals surface area contributed by atoms with Gasteiger partial charge in [-0.15, -0.1) is 0 Å². The highest BCUT2D eigenvalue weighted by Gasteiger charge is 2.11. The van der Waals surface area contributed by atoms with Gasteiger partial charge in [0.2, 0.25) is 0 Å². The topological polar surface area (TPSA) is 63.4 Å². The molecule has 0 saturated carbocycles. The predicted octanol–water partition coefficient (Wildman–Crippen LogP) is 6.33. The van der Waals surface area contributed by atoms with Gasteiger partial charge >= 0.3 is 6.09 Å². The molecule has 5 nitrogen and oxygen atoms in total. The molecular formula is C24H22N2O3. The minimum absolute atomic E-state index is 0.230. The van der Waals surface area contributed by atoms with Crippen molar-refractivity contribution in [1.29, 1.82) is 0 Å². The van der Waals surface area contributed by atoms with Crippen LogP contribution in [0.5, 0.6) is 11.5 Å². The highest BCUT2D eigenvalue weighted by molar-refractivity contribution is 5.85. The first-order valence-corrected chi connectivity index (χ1v) is 9.42. The summed E-state index contributed by atoms with van der Waals surface area (Å²) >= 11 is 0. The Hall–Kier alpha value is -3.73. The first-order valence-electron chi connectivity index (χ1n) is 9.42. The van der Waals surface area contributed by atoms with Gasteiger partial charge in [-0.1, -0.05) is 30.3 Å². The second-order valence-corrected chi connectivity index (χ2v) is 6.95. The molecule has 2 N–H and O–H groups in total. The second-order valence-electron chi connectivity index (χ2n) is 6.95. The molecule has 0 atom stereocenters. The smallest absolute Gasteiger partial charge is 0.411 e. The van der Waals surface area contributed by atoms with Gasteiger partial charge in [-0.25, -0.2) is 4.79 Å². The Balaban J connectivity index is 1.44. The molecule has 3 aromatic carbocycles. The molecule has 0 spiro atoms. The van der Waals surface area contributed by atoms with E-state index in [4.69, 9.17) is 9.47 Å². The Morgan fingerprint density at radius 1 is 0.966 bits per heavy atom. The van der Waals surface area contributed by atoms with Crippen LogP contribution in [-0.4, -0.2) is 11.1 Å². The van der Waals surface area contributed by atoms with Crippen LogP contribution in [0.3, 0.4) is 0 Å². The van der Waals surface area contributed by atoms with E-state index in [-0.39, 0.29) is 6.61 Å². The maximum atomic E-state index is 12.1. The lowest BCUT2D eigenvalue weighted by atomic mass is 10.1. The molecule has 1 amide bonds. The van der Waals surface area contributed by atoms with E-state index in [9.17, 15) is 4.79 Å². The summed E-state index contributed by atoms with van der Waals surface area (Å²) < 4.78 is 11.4. The average Bonchev–Trinajstić information content (AvgIpc) is 3.18. The number of aromatic nitrogens is 1. The summed E-state index contributed by atoms with van der Waals surface area (Å²) in [5, 5.41) is 3.88. The highest BCUT2D eigenvalue weighted by Crippen LogP contribution is 2.32. The van der Waals surface area contributed by atoms with Gasteiger partial charge in [0.05, 0.1) is 0 Å². The van der Waals surface area contributed by atoms with Crippen molar-refractivity contribution in [3.8, 4) is 11.5 Å². The summed E-state index contributed by atoms with van der Waals surface area (Å²) in [6.07, 6.45) is 1.42. The van der Waals surface area contributed by atoms with Crippen molar-refractivity contribution in [1.82, 2.24) is 4.98 Å². The average molecular weight is 386 g/mol. The van der Waals surface area contributed by atoms with Gasteiger partial charge in [0, 0.05) is 22.8 Å². The molecule has 0 aliphatic carbocycles. The van der Waals surface area contributed by atoms with Crippen molar-refractivity contribution < 1.29 is 14.3 Å². The van der Waals surface area contributed by atoms with Crippen molar-refractivity contribution in [3.05, 3.63) is 89.6 Å². The largest absolute Gasteiger partial charge is 0.457 e. The molecule has 4 aromatic rings. The fourth-order valence-electron chi connectivity index (χ4n) is 3.27. The fourth-order valence-corrected chi connectivity index (χ4v) is 3.27. The summed E-state index contributed by atoms with van der Waals surface area (Å²) in [4.78, 5) is 15.3. The van der Waals surface area contributed by atoms with Crippen molar-refractivity contribution >= 4 is 22.7 Å². The standard InChI is InChI=1S/C24H22N2O3/c1-16-12-20(26-24(27)28-15-18-6-4-3-5-7-18)13-17(2)23(16)29-21-8-9-22-19(14-21)10-11-25-22/h3-14,25H,15H2,1-2H3,(H,26,27). The molecule has 5 heteroatoms. The van der Waals surface area contributed by atoms with Crippen LogP contribution in [-0.2, 0) is 11.3 Å². The Morgan fingerprint density at radius 2 is 1.72 bits per heavy atom. The molecule has 146 valence electrons. The maximum Gasteiger partial charge on any atom is 0.411 e. The van der Waals surface area contributed by atoms with Crippen LogP contribution < -0.4 is 10.1 Å². The highest BCUT2D eigenvalue weighted by atomic mass is 16.5. The third-order valence-corrected chi connectivity index (χ3v) is 4.66. The van der Waals surface area contributed by atoms with Crippen LogP contribution in [0.2, 0.25) is 0 Å². The number of amides is 1. The van der Waals surface area contributed by atoms with Gasteiger partial charge in [0.1, 0.15) is 18.1 Å². The van der Waals surface area contributed by atoms with E-state index in [1.54, 1.807) is 0 Å². The molecule has 4 rings (SSSR count). The molecule has 0 aliphatic heterocycles. The number of H-pyrrole nitrogens is 1.